The third-order valence-electron chi connectivity index (χ3n) is 3.39. The molecule has 0 aromatic carbocycles. The maximum absolute atomic E-state index is 4.72. The van der Waals surface area contributed by atoms with Crippen LogP contribution in [0.1, 0.15) is 37.9 Å². The monoisotopic (exact) mass is 253 g/mol. The molecule has 1 saturated heterocycles. The van der Waals surface area contributed by atoms with Crippen LogP contribution in [0.2, 0.25) is 0 Å². The fourth-order valence-corrected chi connectivity index (χ4v) is 3.15. The standard InChI is InChI=1S/C13H23N3S/c1-4-5-12-15-11(9-17-12)8-16-7-6-14-10-13(16,2)3/h9,14H,4-8,10H2,1-3H3. The molecule has 1 aliphatic heterocycles. The normalized spacial score (nSPS) is 20.6. The van der Waals surface area contributed by atoms with E-state index in [0.29, 0.717) is 0 Å². The summed E-state index contributed by atoms with van der Waals surface area (Å²) in [6.07, 6.45) is 2.31. The predicted molar refractivity (Wildman–Crippen MR) is 73.5 cm³/mol. The second kappa shape index (κ2) is 5.46. The zero-order valence-corrected chi connectivity index (χ0v) is 11.9. The summed E-state index contributed by atoms with van der Waals surface area (Å²) in [6, 6.07) is 0. The highest BCUT2D eigenvalue weighted by atomic mass is 32.1. The molecule has 0 bridgehead atoms. The minimum Gasteiger partial charge on any atom is -0.314 e. The lowest BCUT2D eigenvalue weighted by atomic mass is 10.00. The van der Waals surface area contributed by atoms with Crippen molar-refractivity contribution < 1.29 is 0 Å². The van der Waals surface area contributed by atoms with Crippen molar-refractivity contribution in [2.24, 2.45) is 0 Å². The molecule has 96 valence electrons. The molecule has 1 N–H and O–H groups in total. The molecular formula is C13H23N3S. The number of piperazine rings is 1. The van der Waals surface area contributed by atoms with Gasteiger partial charge >= 0.3 is 0 Å². The molecular weight excluding hydrogens is 230 g/mol. The number of thiazole rings is 1. The Kier molecular flexibility index (Phi) is 4.17. The number of nitrogens with zero attached hydrogens (tertiary/aromatic N) is 2. The van der Waals surface area contributed by atoms with Crippen LogP contribution in [0, 0.1) is 0 Å². The van der Waals surface area contributed by atoms with E-state index in [2.05, 4.69) is 36.4 Å². The summed E-state index contributed by atoms with van der Waals surface area (Å²) < 4.78 is 0. The SMILES string of the molecule is CCCc1nc(CN2CCNCC2(C)C)cs1. The molecule has 1 aliphatic rings. The van der Waals surface area contributed by atoms with Crippen molar-refractivity contribution in [1.82, 2.24) is 15.2 Å². The number of hydrogen-bond donors (Lipinski definition) is 1. The Hall–Kier alpha value is -0.450. The van der Waals surface area contributed by atoms with Gasteiger partial charge in [-0.25, -0.2) is 4.98 Å². The average Bonchev–Trinajstić information content (AvgIpc) is 2.70. The molecule has 2 rings (SSSR count). The van der Waals surface area contributed by atoms with Crippen LogP contribution in [0.3, 0.4) is 0 Å². The third-order valence-corrected chi connectivity index (χ3v) is 4.35. The fraction of sp³-hybridized carbons (Fsp3) is 0.769. The van der Waals surface area contributed by atoms with E-state index in [1.807, 2.05) is 11.3 Å². The number of rotatable bonds is 4. The van der Waals surface area contributed by atoms with E-state index in [0.717, 1.165) is 32.6 Å². The van der Waals surface area contributed by atoms with Crippen molar-refractivity contribution in [3.8, 4) is 0 Å². The van der Waals surface area contributed by atoms with E-state index in [4.69, 9.17) is 4.98 Å². The van der Waals surface area contributed by atoms with Crippen molar-refractivity contribution in [2.45, 2.75) is 45.7 Å². The first kappa shape index (κ1) is 13.0. The fourth-order valence-electron chi connectivity index (χ4n) is 2.26. The minimum absolute atomic E-state index is 0.243. The van der Waals surface area contributed by atoms with Gasteiger partial charge in [-0.2, -0.15) is 0 Å². The summed E-state index contributed by atoms with van der Waals surface area (Å²) in [5.74, 6) is 0. The van der Waals surface area contributed by atoms with Gasteiger partial charge in [-0.1, -0.05) is 6.92 Å². The zero-order chi connectivity index (χ0) is 12.3. The quantitative estimate of drug-likeness (QED) is 0.892. The number of aromatic nitrogens is 1. The molecule has 0 amide bonds. The summed E-state index contributed by atoms with van der Waals surface area (Å²) in [4.78, 5) is 7.25. The molecule has 3 nitrogen and oxygen atoms in total. The van der Waals surface area contributed by atoms with E-state index in [9.17, 15) is 0 Å². The highest BCUT2D eigenvalue weighted by Crippen LogP contribution is 2.20. The van der Waals surface area contributed by atoms with Gasteiger partial charge in [-0.3, -0.25) is 4.90 Å². The Morgan fingerprint density at radius 2 is 2.35 bits per heavy atom. The van der Waals surface area contributed by atoms with Gasteiger partial charge in [0.2, 0.25) is 0 Å². The average molecular weight is 253 g/mol. The van der Waals surface area contributed by atoms with Crippen molar-refractivity contribution in [1.29, 1.82) is 0 Å². The second-order valence-electron chi connectivity index (χ2n) is 5.39. The smallest absolute Gasteiger partial charge is 0.0928 e. The van der Waals surface area contributed by atoms with E-state index >= 15 is 0 Å². The zero-order valence-electron chi connectivity index (χ0n) is 11.1. The van der Waals surface area contributed by atoms with Crippen LogP contribution < -0.4 is 5.32 Å². The van der Waals surface area contributed by atoms with E-state index in [-0.39, 0.29) is 5.54 Å². The topological polar surface area (TPSA) is 28.2 Å². The van der Waals surface area contributed by atoms with Gasteiger partial charge in [0.25, 0.3) is 0 Å². The first-order valence-electron chi connectivity index (χ1n) is 6.51. The highest BCUT2D eigenvalue weighted by Gasteiger charge is 2.29. The minimum atomic E-state index is 0.243. The van der Waals surface area contributed by atoms with Crippen LogP contribution in [0.5, 0.6) is 0 Å². The van der Waals surface area contributed by atoms with Gasteiger partial charge in [0.1, 0.15) is 0 Å². The largest absolute Gasteiger partial charge is 0.314 e. The molecule has 1 fully saturated rings. The lowest BCUT2D eigenvalue weighted by Crippen LogP contribution is -2.57. The third kappa shape index (κ3) is 3.27. The van der Waals surface area contributed by atoms with Gasteiger partial charge in [-0.05, 0) is 26.7 Å². The molecule has 2 heterocycles. The Bertz CT molecular complexity index is 359. The molecule has 0 radical (unpaired) electrons. The molecule has 0 atom stereocenters. The maximum Gasteiger partial charge on any atom is 0.0928 e. The van der Waals surface area contributed by atoms with Crippen LogP contribution in [0.25, 0.3) is 0 Å². The van der Waals surface area contributed by atoms with Gasteiger partial charge in [0.15, 0.2) is 0 Å². The van der Waals surface area contributed by atoms with E-state index < -0.39 is 0 Å². The highest BCUT2D eigenvalue weighted by molar-refractivity contribution is 7.09. The van der Waals surface area contributed by atoms with Gasteiger partial charge < -0.3 is 5.32 Å². The van der Waals surface area contributed by atoms with Crippen molar-refractivity contribution in [3.63, 3.8) is 0 Å². The predicted octanol–water partition coefficient (Wildman–Crippen LogP) is 2.28. The first-order valence-corrected chi connectivity index (χ1v) is 7.39. The Morgan fingerprint density at radius 3 is 3.06 bits per heavy atom. The van der Waals surface area contributed by atoms with Crippen LogP contribution in [0.4, 0.5) is 0 Å². The van der Waals surface area contributed by atoms with Crippen LogP contribution in [-0.2, 0) is 13.0 Å². The maximum atomic E-state index is 4.72. The van der Waals surface area contributed by atoms with Crippen LogP contribution in [-0.4, -0.2) is 35.1 Å². The first-order chi connectivity index (χ1) is 8.12. The summed E-state index contributed by atoms with van der Waals surface area (Å²) >= 11 is 1.81. The number of nitrogens with one attached hydrogen (secondary N) is 1. The Labute approximate surface area is 108 Å². The molecule has 0 unspecified atom stereocenters. The lowest BCUT2D eigenvalue weighted by Gasteiger charge is -2.42. The molecule has 1 aromatic rings. The number of hydrogen-bond acceptors (Lipinski definition) is 4. The summed E-state index contributed by atoms with van der Waals surface area (Å²) in [5.41, 5.74) is 1.49. The summed E-state index contributed by atoms with van der Waals surface area (Å²) in [5, 5.41) is 6.97. The molecule has 0 aliphatic carbocycles. The molecule has 0 spiro atoms. The molecule has 4 heteroatoms. The van der Waals surface area contributed by atoms with Crippen molar-refractivity contribution in [3.05, 3.63) is 16.1 Å². The molecule has 1 aromatic heterocycles. The number of aryl methyl sites for hydroxylation is 1. The van der Waals surface area contributed by atoms with Crippen LogP contribution in [0.15, 0.2) is 5.38 Å². The lowest BCUT2D eigenvalue weighted by molar-refractivity contribution is 0.0816. The molecule has 0 saturated carbocycles. The van der Waals surface area contributed by atoms with Gasteiger partial charge in [-0.15, -0.1) is 11.3 Å². The van der Waals surface area contributed by atoms with Gasteiger partial charge in [0, 0.05) is 37.1 Å². The van der Waals surface area contributed by atoms with E-state index in [1.165, 1.54) is 17.1 Å². The summed E-state index contributed by atoms with van der Waals surface area (Å²) in [7, 11) is 0. The van der Waals surface area contributed by atoms with E-state index in [1.54, 1.807) is 0 Å². The van der Waals surface area contributed by atoms with Crippen molar-refractivity contribution >= 4 is 11.3 Å². The Balaban J connectivity index is 1.98. The van der Waals surface area contributed by atoms with Gasteiger partial charge in [0.05, 0.1) is 10.7 Å². The van der Waals surface area contributed by atoms with Crippen LogP contribution >= 0.6 is 11.3 Å². The van der Waals surface area contributed by atoms with Crippen molar-refractivity contribution in [2.75, 3.05) is 19.6 Å². The Morgan fingerprint density at radius 1 is 1.53 bits per heavy atom. The summed E-state index contributed by atoms with van der Waals surface area (Å²) in [6.45, 7) is 11.1. The molecule has 17 heavy (non-hydrogen) atoms. The second-order valence-corrected chi connectivity index (χ2v) is 6.34.